The molecule has 3 nitrogen and oxygen atoms in total. The quantitative estimate of drug-likeness (QED) is 0.758. The summed E-state index contributed by atoms with van der Waals surface area (Å²) in [7, 11) is 0. The van der Waals surface area contributed by atoms with Gasteiger partial charge in [0.05, 0.1) is 0 Å². The summed E-state index contributed by atoms with van der Waals surface area (Å²) in [5.41, 5.74) is 0.831. The molecule has 0 radical (unpaired) electrons. The Bertz CT molecular complexity index is 429. The summed E-state index contributed by atoms with van der Waals surface area (Å²) in [6.45, 7) is 0. The number of pyridine rings is 1. The first-order chi connectivity index (χ1) is 6.25. The minimum atomic E-state index is 0.768. The van der Waals surface area contributed by atoms with Crippen molar-refractivity contribution in [1.82, 2.24) is 15.2 Å². The van der Waals surface area contributed by atoms with Crippen molar-refractivity contribution < 1.29 is 0 Å². The molecule has 0 aromatic carbocycles. The van der Waals surface area contributed by atoms with Crippen molar-refractivity contribution >= 4 is 43.2 Å². The molecular weight excluding hydrogens is 318 g/mol. The summed E-state index contributed by atoms with van der Waals surface area (Å²) in [6, 6.07) is 5.69. The van der Waals surface area contributed by atoms with Gasteiger partial charge in [-0.2, -0.15) is 0 Å². The first kappa shape index (κ1) is 9.23. The van der Waals surface area contributed by atoms with Gasteiger partial charge in [0, 0.05) is 0 Å². The highest BCUT2D eigenvalue weighted by Gasteiger charge is 2.05. The second-order valence-electron chi connectivity index (χ2n) is 2.21. The van der Waals surface area contributed by atoms with Crippen LogP contribution in [0, 0.1) is 0 Å². The van der Waals surface area contributed by atoms with Crippen LogP contribution in [0.1, 0.15) is 0 Å². The first-order valence-corrected chi connectivity index (χ1v) is 5.78. The lowest BCUT2D eigenvalue weighted by Crippen LogP contribution is -1.82. The lowest BCUT2D eigenvalue weighted by atomic mass is 10.4. The molecule has 0 N–H and O–H groups in total. The highest BCUT2D eigenvalue weighted by Crippen LogP contribution is 2.25. The number of rotatable bonds is 1. The van der Waals surface area contributed by atoms with Gasteiger partial charge in [-0.25, -0.2) is 4.98 Å². The van der Waals surface area contributed by atoms with Crippen LogP contribution in [0.3, 0.4) is 0 Å². The predicted octanol–water partition coefficient (Wildman–Crippen LogP) is 3.13. The molecule has 0 aliphatic rings. The molecule has 0 amide bonds. The van der Waals surface area contributed by atoms with Gasteiger partial charge in [0.1, 0.15) is 10.3 Å². The van der Waals surface area contributed by atoms with Gasteiger partial charge in [0.25, 0.3) is 0 Å². The Morgan fingerprint density at radius 3 is 2.62 bits per heavy atom. The topological polar surface area (TPSA) is 38.7 Å². The lowest BCUT2D eigenvalue weighted by Gasteiger charge is -1.93. The Kier molecular flexibility index (Phi) is 2.71. The Balaban J connectivity index is 2.46. The van der Waals surface area contributed by atoms with Crippen molar-refractivity contribution in [2.45, 2.75) is 0 Å². The van der Waals surface area contributed by atoms with E-state index in [4.69, 9.17) is 0 Å². The molecule has 0 saturated heterocycles. The minimum Gasteiger partial charge on any atom is -0.238 e. The number of hydrogen-bond acceptors (Lipinski definition) is 4. The molecule has 0 spiro atoms. The van der Waals surface area contributed by atoms with Gasteiger partial charge < -0.3 is 0 Å². The molecule has 2 aromatic heterocycles. The number of nitrogens with zero attached hydrogens (tertiary/aromatic N) is 3. The number of aromatic nitrogens is 3. The second kappa shape index (κ2) is 3.81. The van der Waals surface area contributed by atoms with Gasteiger partial charge in [-0.1, -0.05) is 17.4 Å². The fourth-order valence-corrected chi connectivity index (χ4v) is 2.26. The van der Waals surface area contributed by atoms with Crippen LogP contribution < -0.4 is 0 Å². The number of halogens is 2. The Hall–Kier alpha value is -0.330. The van der Waals surface area contributed by atoms with Gasteiger partial charge in [-0.05, 0) is 44.0 Å². The van der Waals surface area contributed by atoms with Crippen molar-refractivity contribution in [3.63, 3.8) is 0 Å². The largest absolute Gasteiger partial charge is 0.238 e. The van der Waals surface area contributed by atoms with Crippen molar-refractivity contribution in [3.05, 3.63) is 26.7 Å². The van der Waals surface area contributed by atoms with Crippen LogP contribution >= 0.6 is 43.2 Å². The zero-order valence-corrected chi connectivity index (χ0v) is 10.2. The van der Waals surface area contributed by atoms with Crippen LogP contribution in [0.25, 0.3) is 10.7 Å². The van der Waals surface area contributed by atoms with Crippen LogP contribution in [0.2, 0.25) is 0 Å². The molecule has 0 aliphatic carbocycles. The molecular formula is C7H3Br2N3S. The van der Waals surface area contributed by atoms with Gasteiger partial charge >= 0.3 is 0 Å². The summed E-state index contributed by atoms with van der Waals surface area (Å²) in [5, 5.41) is 8.63. The maximum atomic E-state index is 4.26. The zero-order chi connectivity index (χ0) is 9.26. The molecule has 6 heteroatoms. The van der Waals surface area contributed by atoms with Crippen molar-refractivity contribution in [3.8, 4) is 10.7 Å². The average molecular weight is 321 g/mol. The average Bonchev–Trinajstić information content (AvgIpc) is 2.52. The molecule has 0 aliphatic heterocycles. The summed E-state index contributed by atoms with van der Waals surface area (Å²) in [4.78, 5) is 4.26. The van der Waals surface area contributed by atoms with E-state index in [-0.39, 0.29) is 0 Å². The summed E-state index contributed by atoms with van der Waals surface area (Å²) in [6.07, 6.45) is 0. The minimum absolute atomic E-state index is 0.768. The lowest BCUT2D eigenvalue weighted by molar-refractivity contribution is 1.07. The maximum Gasteiger partial charge on any atom is 0.183 e. The van der Waals surface area contributed by atoms with Gasteiger partial charge in [-0.15, -0.1) is 10.2 Å². The third-order valence-corrected chi connectivity index (χ3v) is 3.15. The third kappa shape index (κ3) is 2.12. The van der Waals surface area contributed by atoms with Crippen LogP contribution in [-0.2, 0) is 0 Å². The Morgan fingerprint density at radius 1 is 1.15 bits per heavy atom. The van der Waals surface area contributed by atoms with Crippen LogP contribution in [-0.4, -0.2) is 15.2 Å². The first-order valence-electron chi connectivity index (χ1n) is 3.37. The molecule has 0 bridgehead atoms. The monoisotopic (exact) mass is 319 g/mol. The standard InChI is InChI=1S/C7H3Br2N3S/c8-5-3-1-2-4(10-5)6-11-12-7(9)13-6/h1-3H. The molecule has 2 heterocycles. The molecule has 0 fully saturated rings. The fraction of sp³-hybridized carbons (Fsp3) is 0. The highest BCUT2D eigenvalue weighted by atomic mass is 79.9. The molecule has 0 saturated carbocycles. The van der Waals surface area contributed by atoms with E-state index in [1.54, 1.807) is 0 Å². The summed E-state index contributed by atoms with van der Waals surface area (Å²) < 4.78 is 1.57. The predicted molar refractivity (Wildman–Crippen MR) is 58.5 cm³/mol. The van der Waals surface area contributed by atoms with E-state index in [1.165, 1.54) is 11.3 Å². The second-order valence-corrected chi connectivity index (χ2v) is 5.27. The zero-order valence-electron chi connectivity index (χ0n) is 6.24. The highest BCUT2D eigenvalue weighted by molar-refractivity contribution is 9.11. The van der Waals surface area contributed by atoms with E-state index in [0.29, 0.717) is 0 Å². The molecule has 66 valence electrons. The number of hydrogen-bond donors (Lipinski definition) is 0. The van der Waals surface area contributed by atoms with Gasteiger partial charge in [0.15, 0.2) is 8.92 Å². The van der Waals surface area contributed by atoms with E-state index in [2.05, 4.69) is 47.0 Å². The van der Waals surface area contributed by atoms with Crippen LogP contribution in [0.15, 0.2) is 26.7 Å². The van der Waals surface area contributed by atoms with Crippen molar-refractivity contribution in [2.75, 3.05) is 0 Å². The Morgan fingerprint density at radius 2 is 2.00 bits per heavy atom. The maximum absolute atomic E-state index is 4.26. The molecule has 2 rings (SSSR count). The van der Waals surface area contributed by atoms with Gasteiger partial charge in [0.2, 0.25) is 0 Å². The van der Waals surface area contributed by atoms with Gasteiger partial charge in [-0.3, -0.25) is 0 Å². The van der Waals surface area contributed by atoms with E-state index >= 15 is 0 Å². The van der Waals surface area contributed by atoms with E-state index < -0.39 is 0 Å². The molecule has 0 atom stereocenters. The van der Waals surface area contributed by atoms with Crippen LogP contribution in [0.4, 0.5) is 0 Å². The fourth-order valence-electron chi connectivity index (χ4n) is 0.836. The Labute approximate surface area is 95.5 Å². The SMILES string of the molecule is Brc1cccc(-c2nnc(Br)s2)n1. The van der Waals surface area contributed by atoms with Crippen molar-refractivity contribution in [1.29, 1.82) is 0 Å². The van der Waals surface area contributed by atoms with E-state index in [9.17, 15) is 0 Å². The van der Waals surface area contributed by atoms with Crippen molar-refractivity contribution in [2.24, 2.45) is 0 Å². The van der Waals surface area contributed by atoms with E-state index in [1.807, 2.05) is 18.2 Å². The summed E-state index contributed by atoms with van der Waals surface area (Å²) in [5.74, 6) is 0. The smallest absolute Gasteiger partial charge is 0.183 e. The normalized spacial score (nSPS) is 10.3. The third-order valence-electron chi connectivity index (χ3n) is 1.33. The summed E-state index contributed by atoms with van der Waals surface area (Å²) >= 11 is 8.01. The molecule has 13 heavy (non-hydrogen) atoms. The molecule has 0 unspecified atom stereocenters. The van der Waals surface area contributed by atoms with E-state index in [0.717, 1.165) is 19.2 Å². The van der Waals surface area contributed by atoms with Crippen LogP contribution in [0.5, 0.6) is 0 Å². The molecule has 2 aromatic rings.